The summed E-state index contributed by atoms with van der Waals surface area (Å²) in [4.78, 5) is 14.9. The summed E-state index contributed by atoms with van der Waals surface area (Å²) in [5.74, 6) is 1.54. The molecule has 4 rings (SSSR count). The van der Waals surface area contributed by atoms with E-state index in [2.05, 4.69) is 32.2 Å². The van der Waals surface area contributed by atoms with E-state index in [0.717, 1.165) is 43.6 Å². The van der Waals surface area contributed by atoms with Crippen molar-refractivity contribution >= 4 is 29.3 Å². The maximum atomic E-state index is 13.2. The van der Waals surface area contributed by atoms with E-state index in [1.165, 1.54) is 5.56 Å². The van der Waals surface area contributed by atoms with Crippen molar-refractivity contribution in [1.29, 1.82) is 0 Å². The topological polar surface area (TPSA) is 63.1 Å². The number of nitrogens with zero attached hydrogens (tertiary/aromatic N) is 4. The molecule has 0 unspecified atom stereocenters. The first-order chi connectivity index (χ1) is 14.1. The highest BCUT2D eigenvalue weighted by molar-refractivity contribution is 6.30. The van der Waals surface area contributed by atoms with Gasteiger partial charge in [-0.25, -0.2) is 4.79 Å². The minimum Gasteiger partial charge on any atom is -0.307 e. The van der Waals surface area contributed by atoms with Gasteiger partial charge in [0, 0.05) is 23.7 Å². The molecule has 0 spiro atoms. The molecule has 2 heterocycles. The zero-order chi connectivity index (χ0) is 20.2. The Morgan fingerprint density at radius 3 is 2.59 bits per heavy atom. The number of rotatable bonds is 4. The number of amides is 2. The van der Waals surface area contributed by atoms with Crippen molar-refractivity contribution in [3.63, 3.8) is 0 Å². The SMILES string of the molecule is Cc1ccc(CN(C(=O)Nc2ccc(Cl)cc2)c2nnc3n2CCCCC3)cc1. The van der Waals surface area contributed by atoms with E-state index >= 15 is 0 Å². The molecule has 0 saturated carbocycles. The predicted octanol–water partition coefficient (Wildman–Crippen LogP) is 5.21. The highest BCUT2D eigenvalue weighted by Crippen LogP contribution is 2.23. The fourth-order valence-corrected chi connectivity index (χ4v) is 3.63. The number of hydrogen-bond donors (Lipinski definition) is 1. The van der Waals surface area contributed by atoms with Crippen LogP contribution >= 0.6 is 11.6 Å². The van der Waals surface area contributed by atoms with Gasteiger partial charge in [-0.2, -0.15) is 0 Å². The van der Waals surface area contributed by atoms with E-state index in [1.807, 2.05) is 19.1 Å². The molecule has 2 amide bonds. The van der Waals surface area contributed by atoms with Crippen LogP contribution in [0.1, 0.15) is 36.2 Å². The Balaban J connectivity index is 1.65. The van der Waals surface area contributed by atoms with Gasteiger partial charge in [-0.3, -0.25) is 9.47 Å². The van der Waals surface area contributed by atoms with Gasteiger partial charge in [0.25, 0.3) is 0 Å². The van der Waals surface area contributed by atoms with Gasteiger partial charge in [0.1, 0.15) is 5.82 Å². The summed E-state index contributed by atoms with van der Waals surface area (Å²) in [6.07, 6.45) is 4.23. The molecule has 0 bridgehead atoms. The van der Waals surface area contributed by atoms with Gasteiger partial charge in [0.15, 0.2) is 0 Å². The summed E-state index contributed by atoms with van der Waals surface area (Å²) in [7, 11) is 0. The van der Waals surface area contributed by atoms with Crippen molar-refractivity contribution in [2.45, 2.75) is 45.7 Å². The van der Waals surface area contributed by atoms with Crippen LogP contribution in [0.15, 0.2) is 48.5 Å². The predicted molar refractivity (Wildman–Crippen MR) is 115 cm³/mol. The zero-order valence-electron chi connectivity index (χ0n) is 16.4. The summed E-state index contributed by atoms with van der Waals surface area (Å²) >= 11 is 5.96. The maximum Gasteiger partial charge on any atom is 0.329 e. The Morgan fingerprint density at radius 2 is 1.83 bits per heavy atom. The number of aryl methyl sites for hydroxylation is 2. The molecule has 2 aromatic carbocycles. The van der Waals surface area contributed by atoms with Crippen LogP contribution in [0, 0.1) is 6.92 Å². The lowest BCUT2D eigenvalue weighted by molar-refractivity contribution is 0.256. The van der Waals surface area contributed by atoms with Gasteiger partial charge >= 0.3 is 6.03 Å². The molecular weight excluding hydrogens is 386 g/mol. The Bertz CT molecular complexity index is 981. The Morgan fingerprint density at radius 1 is 1.07 bits per heavy atom. The van der Waals surface area contributed by atoms with Crippen molar-refractivity contribution in [3.05, 3.63) is 70.5 Å². The quantitative estimate of drug-likeness (QED) is 0.643. The molecule has 0 radical (unpaired) electrons. The van der Waals surface area contributed by atoms with E-state index in [-0.39, 0.29) is 6.03 Å². The largest absolute Gasteiger partial charge is 0.329 e. The molecule has 1 N–H and O–H groups in total. The number of hydrogen-bond acceptors (Lipinski definition) is 3. The van der Waals surface area contributed by atoms with Crippen LogP contribution in [0.2, 0.25) is 5.02 Å². The number of aromatic nitrogens is 3. The van der Waals surface area contributed by atoms with E-state index in [1.54, 1.807) is 29.2 Å². The molecule has 0 atom stereocenters. The second-order valence-electron chi connectivity index (χ2n) is 7.39. The number of anilines is 2. The van der Waals surface area contributed by atoms with Crippen LogP contribution in [0.3, 0.4) is 0 Å². The van der Waals surface area contributed by atoms with Crippen molar-refractivity contribution in [2.24, 2.45) is 0 Å². The monoisotopic (exact) mass is 409 g/mol. The summed E-state index contributed by atoms with van der Waals surface area (Å²) in [5, 5.41) is 12.3. The van der Waals surface area contributed by atoms with Crippen LogP contribution in [-0.4, -0.2) is 20.8 Å². The first-order valence-corrected chi connectivity index (χ1v) is 10.3. The van der Waals surface area contributed by atoms with Crippen molar-refractivity contribution in [1.82, 2.24) is 14.8 Å². The number of urea groups is 1. The van der Waals surface area contributed by atoms with E-state index in [0.29, 0.717) is 23.2 Å². The third kappa shape index (κ3) is 4.59. The highest BCUT2D eigenvalue weighted by atomic mass is 35.5. The molecule has 150 valence electrons. The minimum atomic E-state index is -0.243. The molecule has 3 aromatic rings. The van der Waals surface area contributed by atoms with Crippen molar-refractivity contribution in [2.75, 3.05) is 10.2 Å². The van der Waals surface area contributed by atoms with E-state index in [4.69, 9.17) is 11.6 Å². The first kappa shape index (κ1) is 19.5. The molecule has 0 saturated heterocycles. The minimum absolute atomic E-state index is 0.243. The van der Waals surface area contributed by atoms with Crippen LogP contribution in [0.25, 0.3) is 0 Å². The lowest BCUT2D eigenvalue weighted by Crippen LogP contribution is -2.36. The molecule has 0 aliphatic carbocycles. The van der Waals surface area contributed by atoms with Gasteiger partial charge < -0.3 is 5.32 Å². The smallest absolute Gasteiger partial charge is 0.307 e. The highest BCUT2D eigenvalue weighted by Gasteiger charge is 2.25. The Labute approximate surface area is 175 Å². The lowest BCUT2D eigenvalue weighted by atomic mass is 10.1. The number of nitrogens with one attached hydrogen (secondary N) is 1. The first-order valence-electron chi connectivity index (χ1n) is 9.92. The third-order valence-electron chi connectivity index (χ3n) is 5.13. The van der Waals surface area contributed by atoms with Gasteiger partial charge in [-0.15, -0.1) is 10.2 Å². The number of benzene rings is 2. The number of carbonyl (C=O) groups excluding carboxylic acids is 1. The fraction of sp³-hybridized carbons (Fsp3) is 0.318. The van der Waals surface area contributed by atoms with E-state index < -0.39 is 0 Å². The second-order valence-corrected chi connectivity index (χ2v) is 7.82. The van der Waals surface area contributed by atoms with E-state index in [9.17, 15) is 4.79 Å². The molecule has 1 aliphatic rings. The van der Waals surface area contributed by atoms with Crippen LogP contribution in [0.4, 0.5) is 16.4 Å². The average Bonchev–Trinajstić information content (AvgIpc) is 2.96. The zero-order valence-corrected chi connectivity index (χ0v) is 17.2. The molecule has 29 heavy (non-hydrogen) atoms. The summed E-state index contributed by atoms with van der Waals surface area (Å²) in [6.45, 7) is 3.29. The summed E-state index contributed by atoms with van der Waals surface area (Å²) in [5.41, 5.74) is 2.90. The normalized spacial score (nSPS) is 13.4. The molecule has 0 fully saturated rings. The number of fused-ring (bicyclic) bond motifs is 1. The summed E-state index contributed by atoms with van der Waals surface area (Å²) < 4.78 is 2.09. The van der Waals surface area contributed by atoms with Crippen LogP contribution < -0.4 is 10.2 Å². The molecule has 1 aromatic heterocycles. The number of halogens is 1. The third-order valence-corrected chi connectivity index (χ3v) is 5.39. The van der Waals surface area contributed by atoms with Crippen LogP contribution in [-0.2, 0) is 19.5 Å². The van der Waals surface area contributed by atoms with Gasteiger partial charge in [0.05, 0.1) is 6.54 Å². The standard InChI is InChI=1S/C22H24ClN5O/c1-16-6-8-17(9-7-16)15-28(22(29)24-19-12-10-18(23)11-13-19)21-26-25-20-5-3-2-4-14-27(20)21/h6-13H,2-5,14-15H2,1H3,(H,24,29). The van der Waals surface area contributed by atoms with Gasteiger partial charge in [0.2, 0.25) is 5.95 Å². The van der Waals surface area contributed by atoms with Crippen molar-refractivity contribution < 1.29 is 4.79 Å². The Kier molecular flexibility index (Phi) is 5.81. The Hall–Kier alpha value is -2.86. The lowest BCUT2D eigenvalue weighted by Gasteiger charge is -2.23. The molecule has 6 nitrogen and oxygen atoms in total. The summed E-state index contributed by atoms with van der Waals surface area (Å²) in [6, 6.07) is 15.0. The maximum absolute atomic E-state index is 13.2. The fourth-order valence-electron chi connectivity index (χ4n) is 3.50. The molecule has 1 aliphatic heterocycles. The van der Waals surface area contributed by atoms with Crippen molar-refractivity contribution in [3.8, 4) is 0 Å². The molecular formula is C22H24ClN5O. The average molecular weight is 410 g/mol. The molecule has 7 heteroatoms. The van der Waals surface area contributed by atoms with Gasteiger partial charge in [-0.1, -0.05) is 47.9 Å². The second kappa shape index (κ2) is 8.66. The van der Waals surface area contributed by atoms with Crippen LogP contribution in [0.5, 0.6) is 0 Å². The van der Waals surface area contributed by atoms with Gasteiger partial charge in [-0.05, 0) is 49.6 Å². The number of carbonyl (C=O) groups is 1.